The van der Waals surface area contributed by atoms with Crippen molar-refractivity contribution in [3.8, 4) is 11.3 Å². The van der Waals surface area contributed by atoms with Crippen LogP contribution in [0.25, 0.3) is 11.3 Å². The molecule has 0 saturated carbocycles. The molecule has 0 fully saturated rings. The van der Waals surface area contributed by atoms with E-state index < -0.39 is 0 Å². The molecule has 0 aliphatic rings. The third kappa shape index (κ3) is 2.86. The molecule has 0 radical (unpaired) electrons. The Hall–Kier alpha value is -1.63. The lowest BCUT2D eigenvalue weighted by Gasteiger charge is -2.04. The van der Waals surface area contributed by atoms with Crippen molar-refractivity contribution >= 4 is 22.9 Å². The van der Waals surface area contributed by atoms with Crippen LogP contribution in [0.15, 0.2) is 41.1 Å². The second kappa shape index (κ2) is 5.56. The Morgan fingerprint density at radius 1 is 1.16 bits per heavy atom. The molecule has 96 valence electrons. The summed E-state index contributed by atoms with van der Waals surface area (Å²) in [5, 5.41) is 8.98. The van der Waals surface area contributed by atoms with Crippen LogP contribution in [0.4, 0.5) is 0 Å². The predicted molar refractivity (Wildman–Crippen MR) is 78.1 cm³/mol. The van der Waals surface area contributed by atoms with Crippen LogP contribution in [0.5, 0.6) is 0 Å². The highest BCUT2D eigenvalue weighted by Crippen LogP contribution is 2.24. The molecule has 0 saturated heterocycles. The van der Waals surface area contributed by atoms with Gasteiger partial charge in [0.15, 0.2) is 0 Å². The number of rotatable bonds is 4. The molecule has 1 unspecified atom stereocenters. The Labute approximate surface area is 119 Å². The van der Waals surface area contributed by atoms with E-state index in [2.05, 4.69) is 32.1 Å². The summed E-state index contributed by atoms with van der Waals surface area (Å²) in [5.74, 6) is 0. The van der Waals surface area contributed by atoms with Crippen molar-refractivity contribution in [3.63, 3.8) is 0 Å². The van der Waals surface area contributed by atoms with Crippen LogP contribution < -0.4 is 5.73 Å². The molecule has 19 heavy (non-hydrogen) atoms. The fraction of sp³-hybridized carbons (Fsp3) is 0.154. The lowest BCUT2D eigenvalue weighted by atomic mass is 10.1. The number of nitrogens with zero attached hydrogens (tertiary/aromatic N) is 3. The van der Waals surface area contributed by atoms with Gasteiger partial charge in [-0.05, 0) is 11.5 Å². The average Bonchev–Trinajstić information content (AvgIpc) is 3.11. The average molecular weight is 288 g/mol. The molecule has 0 aliphatic heterocycles. The Balaban J connectivity index is 1.75. The largest absolute Gasteiger partial charge is 0.322 e. The maximum Gasteiger partial charge on any atom is 0.0952 e. The Kier molecular flexibility index (Phi) is 3.63. The zero-order chi connectivity index (χ0) is 13.1. The summed E-state index contributed by atoms with van der Waals surface area (Å²) >= 11 is 2.96. The first-order chi connectivity index (χ1) is 9.33. The molecular weight excluding hydrogens is 276 g/mol. The highest BCUT2D eigenvalue weighted by molar-refractivity contribution is 7.10. The van der Waals surface area contributed by atoms with Crippen molar-refractivity contribution in [1.29, 1.82) is 0 Å². The van der Waals surface area contributed by atoms with Crippen LogP contribution in [-0.4, -0.2) is 14.6 Å². The van der Waals surface area contributed by atoms with Gasteiger partial charge >= 0.3 is 0 Å². The zero-order valence-electron chi connectivity index (χ0n) is 10.1. The van der Waals surface area contributed by atoms with E-state index in [0.717, 1.165) is 22.0 Å². The summed E-state index contributed by atoms with van der Waals surface area (Å²) in [5.41, 5.74) is 9.06. The topological polar surface area (TPSA) is 64.7 Å². The summed E-state index contributed by atoms with van der Waals surface area (Å²) in [4.78, 5) is 4.62. The van der Waals surface area contributed by atoms with Crippen LogP contribution in [0.2, 0.25) is 0 Å². The smallest absolute Gasteiger partial charge is 0.0952 e. The Morgan fingerprint density at radius 2 is 2.00 bits per heavy atom. The second-order valence-electron chi connectivity index (χ2n) is 4.13. The van der Waals surface area contributed by atoms with Crippen LogP contribution in [0.3, 0.4) is 0 Å². The first-order valence-electron chi connectivity index (χ1n) is 5.85. The summed E-state index contributed by atoms with van der Waals surface area (Å²) in [6.07, 6.45) is 0.697. The van der Waals surface area contributed by atoms with Crippen molar-refractivity contribution in [2.45, 2.75) is 12.5 Å². The van der Waals surface area contributed by atoms with Crippen LogP contribution in [0.1, 0.15) is 16.7 Å². The maximum atomic E-state index is 6.09. The van der Waals surface area contributed by atoms with E-state index in [-0.39, 0.29) is 6.04 Å². The van der Waals surface area contributed by atoms with E-state index in [4.69, 9.17) is 5.73 Å². The SMILES string of the molecule is NC(Cc1nc(-c2ccccc2)cs1)c1csnn1. The number of hydrogen-bond acceptors (Lipinski definition) is 6. The lowest BCUT2D eigenvalue weighted by molar-refractivity contribution is 0.689. The molecule has 0 bridgehead atoms. The minimum absolute atomic E-state index is 0.131. The zero-order valence-corrected chi connectivity index (χ0v) is 11.7. The number of aromatic nitrogens is 3. The Morgan fingerprint density at radius 3 is 2.74 bits per heavy atom. The van der Waals surface area contributed by atoms with Gasteiger partial charge < -0.3 is 5.73 Å². The van der Waals surface area contributed by atoms with Crippen LogP contribution >= 0.6 is 22.9 Å². The van der Waals surface area contributed by atoms with Gasteiger partial charge in [-0.15, -0.1) is 16.4 Å². The quantitative estimate of drug-likeness (QED) is 0.801. The third-order valence-corrected chi connectivity index (χ3v) is 4.17. The van der Waals surface area contributed by atoms with Crippen molar-refractivity contribution in [2.75, 3.05) is 0 Å². The molecule has 3 rings (SSSR count). The molecule has 4 nitrogen and oxygen atoms in total. The lowest BCUT2D eigenvalue weighted by Crippen LogP contribution is -2.13. The highest BCUT2D eigenvalue weighted by atomic mass is 32.1. The van der Waals surface area contributed by atoms with E-state index in [1.165, 1.54) is 11.5 Å². The predicted octanol–water partition coefficient (Wildman–Crippen LogP) is 2.90. The summed E-state index contributed by atoms with van der Waals surface area (Å²) in [6.45, 7) is 0. The molecule has 1 aromatic carbocycles. The molecule has 2 aromatic heterocycles. The van der Waals surface area contributed by atoms with E-state index in [9.17, 15) is 0 Å². The van der Waals surface area contributed by atoms with Crippen molar-refractivity contribution < 1.29 is 0 Å². The summed E-state index contributed by atoms with van der Waals surface area (Å²) in [7, 11) is 0. The number of benzene rings is 1. The van der Waals surface area contributed by atoms with Crippen molar-refractivity contribution in [2.24, 2.45) is 5.73 Å². The molecule has 0 amide bonds. The normalized spacial score (nSPS) is 12.5. The third-order valence-electron chi connectivity index (χ3n) is 2.77. The minimum Gasteiger partial charge on any atom is -0.322 e. The fourth-order valence-electron chi connectivity index (χ4n) is 1.77. The fourth-order valence-corrected chi connectivity index (χ4v) is 3.15. The molecule has 2 heterocycles. The number of hydrogen-bond donors (Lipinski definition) is 1. The van der Waals surface area contributed by atoms with Gasteiger partial charge in [-0.2, -0.15) is 0 Å². The first kappa shape index (κ1) is 12.4. The van der Waals surface area contributed by atoms with Gasteiger partial charge in [0.2, 0.25) is 0 Å². The van der Waals surface area contributed by atoms with Gasteiger partial charge in [0.05, 0.1) is 22.4 Å². The van der Waals surface area contributed by atoms with E-state index in [1.807, 2.05) is 23.6 Å². The van der Waals surface area contributed by atoms with Gasteiger partial charge in [0, 0.05) is 22.7 Å². The highest BCUT2D eigenvalue weighted by Gasteiger charge is 2.13. The molecule has 0 aliphatic carbocycles. The van der Waals surface area contributed by atoms with Crippen molar-refractivity contribution in [3.05, 3.63) is 51.8 Å². The van der Waals surface area contributed by atoms with E-state index in [1.54, 1.807) is 11.3 Å². The van der Waals surface area contributed by atoms with Crippen LogP contribution in [-0.2, 0) is 6.42 Å². The molecule has 3 aromatic rings. The minimum atomic E-state index is -0.131. The number of nitrogens with two attached hydrogens (primary N) is 1. The molecule has 0 spiro atoms. The van der Waals surface area contributed by atoms with E-state index in [0.29, 0.717) is 6.42 Å². The number of thiazole rings is 1. The van der Waals surface area contributed by atoms with Gasteiger partial charge in [-0.25, -0.2) is 4.98 Å². The van der Waals surface area contributed by atoms with Crippen molar-refractivity contribution in [1.82, 2.24) is 14.6 Å². The molecule has 6 heteroatoms. The van der Waals surface area contributed by atoms with Gasteiger partial charge in [-0.3, -0.25) is 0 Å². The van der Waals surface area contributed by atoms with Gasteiger partial charge in [0.25, 0.3) is 0 Å². The van der Waals surface area contributed by atoms with Crippen LogP contribution in [0, 0.1) is 0 Å². The standard InChI is InChI=1S/C13H12N4S2/c14-10(12-8-19-17-16-12)6-13-15-11(7-18-13)9-4-2-1-3-5-9/h1-5,7-8,10H,6,14H2. The first-order valence-corrected chi connectivity index (χ1v) is 7.57. The van der Waals surface area contributed by atoms with E-state index >= 15 is 0 Å². The molecule has 2 N–H and O–H groups in total. The Bertz CT molecular complexity index is 634. The second-order valence-corrected chi connectivity index (χ2v) is 5.69. The molecule has 1 atom stereocenters. The molecular formula is C13H12N4S2. The summed E-state index contributed by atoms with van der Waals surface area (Å²) in [6, 6.07) is 10.0. The van der Waals surface area contributed by atoms with Gasteiger partial charge in [-0.1, -0.05) is 34.8 Å². The van der Waals surface area contributed by atoms with Gasteiger partial charge in [0.1, 0.15) is 0 Å². The summed E-state index contributed by atoms with van der Waals surface area (Å²) < 4.78 is 3.83. The monoisotopic (exact) mass is 288 g/mol. The maximum absolute atomic E-state index is 6.09.